The predicted octanol–water partition coefficient (Wildman–Crippen LogP) is 6.17. The zero-order chi connectivity index (χ0) is 23.0. The molecule has 0 radical (unpaired) electrons. The molecule has 0 amide bonds. The molecule has 0 aliphatic rings. The molecular formula is C28H18N2O3. The van der Waals surface area contributed by atoms with Crippen molar-refractivity contribution in [3.8, 4) is 23.6 Å². The van der Waals surface area contributed by atoms with Crippen molar-refractivity contribution in [3.63, 3.8) is 0 Å². The van der Waals surface area contributed by atoms with E-state index in [9.17, 15) is 15.3 Å². The smallest absolute Gasteiger partial charge is 0.339 e. The van der Waals surface area contributed by atoms with Crippen LogP contribution in [-0.4, -0.2) is 5.97 Å². The highest BCUT2D eigenvalue weighted by Crippen LogP contribution is 2.30. The van der Waals surface area contributed by atoms with Gasteiger partial charge in [-0.05, 0) is 41.5 Å². The zero-order valence-electron chi connectivity index (χ0n) is 17.5. The van der Waals surface area contributed by atoms with Crippen LogP contribution in [0.4, 0.5) is 0 Å². The van der Waals surface area contributed by atoms with Crippen molar-refractivity contribution in [1.82, 2.24) is 0 Å². The topological polar surface area (TPSA) is 83.1 Å². The molecular weight excluding hydrogens is 412 g/mol. The first-order chi connectivity index (χ1) is 16.2. The summed E-state index contributed by atoms with van der Waals surface area (Å²) in [5.41, 5.74) is 2.38. The molecule has 4 rings (SSSR count). The molecule has 0 spiro atoms. The molecule has 0 unspecified atom stereocenters. The number of ether oxygens (including phenoxy) is 2. The Morgan fingerprint density at radius 1 is 0.727 bits per heavy atom. The van der Waals surface area contributed by atoms with E-state index in [1.165, 1.54) is 0 Å². The van der Waals surface area contributed by atoms with Crippen LogP contribution in [0, 0.1) is 22.7 Å². The molecule has 33 heavy (non-hydrogen) atoms. The minimum Gasteiger partial charge on any atom is -0.456 e. The summed E-state index contributed by atoms with van der Waals surface area (Å²) in [5.74, 6) is 0.0879. The SMILES string of the molecule is N#Cc1cccc(Oc2cccc(C(=O)OC(c3ccccc3)c3ccccc3)c2)c1C#N. The Labute approximate surface area is 191 Å². The number of esters is 1. The van der Waals surface area contributed by atoms with Gasteiger partial charge in [0.15, 0.2) is 6.10 Å². The molecule has 5 nitrogen and oxygen atoms in total. The minimum absolute atomic E-state index is 0.140. The number of carbonyl (C=O) groups is 1. The van der Waals surface area contributed by atoms with Gasteiger partial charge in [0, 0.05) is 0 Å². The highest BCUT2D eigenvalue weighted by molar-refractivity contribution is 5.90. The lowest BCUT2D eigenvalue weighted by Crippen LogP contribution is -2.13. The molecule has 0 bridgehead atoms. The van der Waals surface area contributed by atoms with Gasteiger partial charge in [0.1, 0.15) is 29.2 Å². The maximum atomic E-state index is 13.1. The van der Waals surface area contributed by atoms with Crippen molar-refractivity contribution in [1.29, 1.82) is 10.5 Å². The van der Waals surface area contributed by atoms with E-state index in [4.69, 9.17) is 9.47 Å². The van der Waals surface area contributed by atoms with E-state index in [2.05, 4.69) is 0 Å². The van der Waals surface area contributed by atoms with Crippen LogP contribution in [0.5, 0.6) is 11.5 Å². The van der Waals surface area contributed by atoms with Gasteiger partial charge >= 0.3 is 5.97 Å². The second-order valence-electron chi connectivity index (χ2n) is 7.14. The highest BCUT2D eigenvalue weighted by atomic mass is 16.5. The third kappa shape index (κ3) is 4.90. The van der Waals surface area contributed by atoms with Crippen LogP contribution in [0.1, 0.15) is 38.7 Å². The van der Waals surface area contributed by atoms with Crippen molar-refractivity contribution < 1.29 is 14.3 Å². The number of hydrogen-bond acceptors (Lipinski definition) is 5. The Kier molecular flexibility index (Phi) is 6.45. The van der Waals surface area contributed by atoms with E-state index in [1.54, 1.807) is 42.5 Å². The second kappa shape index (κ2) is 9.96. The molecule has 0 atom stereocenters. The monoisotopic (exact) mass is 430 g/mol. The van der Waals surface area contributed by atoms with Gasteiger partial charge in [-0.1, -0.05) is 72.8 Å². The molecule has 0 aromatic heterocycles. The number of nitriles is 2. The van der Waals surface area contributed by atoms with Crippen LogP contribution in [0.2, 0.25) is 0 Å². The molecule has 0 aliphatic carbocycles. The van der Waals surface area contributed by atoms with Gasteiger partial charge in [-0.3, -0.25) is 0 Å². The van der Waals surface area contributed by atoms with E-state index < -0.39 is 12.1 Å². The summed E-state index contributed by atoms with van der Waals surface area (Å²) in [7, 11) is 0. The van der Waals surface area contributed by atoms with E-state index in [1.807, 2.05) is 72.8 Å². The van der Waals surface area contributed by atoms with Crippen LogP contribution in [0.25, 0.3) is 0 Å². The number of hydrogen-bond donors (Lipinski definition) is 0. The molecule has 5 heteroatoms. The van der Waals surface area contributed by atoms with Gasteiger partial charge in [-0.15, -0.1) is 0 Å². The van der Waals surface area contributed by atoms with Gasteiger partial charge in [-0.2, -0.15) is 10.5 Å². The lowest BCUT2D eigenvalue weighted by Gasteiger charge is -2.19. The maximum Gasteiger partial charge on any atom is 0.339 e. The summed E-state index contributed by atoms with van der Waals surface area (Å²) in [6, 6.07) is 34.4. The van der Waals surface area contributed by atoms with E-state index in [0.29, 0.717) is 11.3 Å². The first-order valence-electron chi connectivity index (χ1n) is 10.2. The summed E-state index contributed by atoms with van der Waals surface area (Å²) < 4.78 is 11.7. The maximum absolute atomic E-state index is 13.1. The average Bonchev–Trinajstić information content (AvgIpc) is 2.88. The van der Waals surface area contributed by atoms with Crippen LogP contribution in [0.3, 0.4) is 0 Å². The quantitative estimate of drug-likeness (QED) is 0.342. The summed E-state index contributed by atoms with van der Waals surface area (Å²) >= 11 is 0. The van der Waals surface area contributed by atoms with Crippen molar-refractivity contribution >= 4 is 5.97 Å². The summed E-state index contributed by atoms with van der Waals surface area (Å²) in [6.45, 7) is 0. The summed E-state index contributed by atoms with van der Waals surface area (Å²) in [4.78, 5) is 13.1. The fourth-order valence-electron chi connectivity index (χ4n) is 3.40. The molecule has 0 saturated heterocycles. The van der Waals surface area contributed by atoms with Crippen LogP contribution in [-0.2, 0) is 4.74 Å². The second-order valence-corrected chi connectivity index (χ2v) is 7.14. The molecule has 0 heterocycles. The fraction of sp³-hybridized carbons (Fsp3) is 0.0357. The van der Waals surface area contributed by atoms with E-state index in [0.717, 1.165) is 11.1 Å². The molecule has 0 saturated carbocycles. The molecule has 0 fully saturated rings. The lowest BCUT2D eigenvalue weighted by molar-refractivity contribution is 0.0377. The van der Waals surface area contributed by atoms with Crippen molar-refractivity contribution in [3.05, 3.63) is 131 Å². The third-order valence-electron chi connectivity index (χ3n) is 4.99. The summed E-state index contributed by atoms with van der Waals surface area (Å²) in [5, 5.41) is 18.6. The van der Waals surface area contributed by atoms with Crippen molar-refractivity contribution in [2.45, 2.75) is 6.10 Å². The third-order valence-corrected chi connectivity index (χ3v) is 4.99. The van der Waals surface area contributed by atoms with Crippen LogP contribution >= 0.6 is 0 Å². The van der Waals surface area contributed by atoms with Crippen molar-refractivity contribution in [2.75, 3.05) is 0 Å². The van der Waals surface area contributed by atoms with Gasteiger partial charge in [-0.25, -0.2) is 4.79 Å². The Morgan fingerprint density at radius 2 is 1.36 bits per heavy atom. The molecule has 0 aliphatic heterocycles. The number of benzene rings is 4. The van der Waals surface area contributed by atoms with E-state index >= 15 is 0 Å². The van der Waals surface area contributed by atoms with E-state index in [-0.39, 0.29) is 16.9 Å². The highest BCUT2D eigenvalue weighted by Gasteiger charge is 2.20. The van der Waals surface area contributed by atoms with Gasteiger partial charge in [0.2, 0.25) is 0 Å². The number of rotatable bonds is 6. The van der Waals surface area contributed by atoms with Crippen LogP contribution < -0.4 is 4.74 Å². The van der Waals surface area contributed by atoms with Gasteiger partial charge in [0.25, 0.3) is 0 Å². The minimum atomic E-state index is -0.568. The Balaban J connectivity index is 1.60. The van der Waals surface area contributed by atoms with Gasteiger partial charge in [0.05, 0.1) is 11.1 Å². The van der Waals surface area contributed by atoms with Gasteiger partial charge < -0.3 is 9.47 Å². The first-order valence-corrected chi connectivity index (χ1v) is 10.2. The lowest BCUT2D eigenvalue weighted by atomic mass is 10.0. The van der Waals surface area contributed by atoms with Crippen LogP contribution in [0.15, 0.2) is 103 Å². The Bertz CT molecular complexity index is 1310. The Hall–Kier alpha value is -4.87. The molecule has 158 valence electrons. The largest absolute Gasteiger partial charge is 0.456 e. The molecule has 4 aromatic rings. The average molecular weight is 430 g/mol. The first kappa shape index (κ1) is 21.4. The van der Waals surface area contributed by atoms with Crippen molar-refractivity contribution in [2.24, 2.45) is 0 Å². The molecule has 4 aromatic carbocycles. The fourth-order valence-corrected chi connectivity index (χ4v) is 3.40. The Morgan fingerprint density at radius 3 is 1.97 bits per heavy atom. The standard InChI is InChI=1S/C28H18N2O3/c29-18-23-14-8-16-26(25(23)19-30)32-24-15-7-13-22(17-24)28(31)33-27(20-9-3-1-4-10-20)21-11-5-2-6-12-21/h1-17,27H. The number of carbonyl (C=O) groups excluding carboxylic acids is 1. The zero-order valence-corrected chi connectivity index (χ0v) is 17.5. The molecule has 0 N–H and O–H groups in total. The normalized spacial score (nSPS) is 10.2. The number of nitrogens with zero attached hydrogens (tertiary/aromatic N) is 2. The predicted molar refractivity (Wildman–Crippen MR) is 123 cm³/mol. The summed E-state index contributed by atoms with van der Waals surface area (Å²) in [6.07, 6.45) is -0.568.